The highest BCUT2D eigenvalue weighted by molar-refractivity contribution is 7.99. The van der Waals surface area contributed by atoms with Crippen LogP contribution in [0.2, 0.25) is 0 Å². The van der Waals surface area contributed by atoms with Crippen LogP contribution >= 0.6 is 11.8 Å². The monoisotopic (exact) mass is 219 g/mol. The van der Waals surface area contributed by atoms with E-state index in [1.807, 2.05) is 12.1 Å². The number of hydrogen-bond donors (Lipinski definition) is 1. The molecule has 1 unspecified atom stereocenters. The Morgan fingerprint density at radius 2 is 2.33 bits per heavy atom. The van der Waals surface area contributed by atoms with Crippen LogP contribution in [0.4, 0.5) is 0 Å². The summed E-state index contributed by atoms with van der Waals surface area (Å²) < 4.78 is 0. The van der Waals surface area contributed by atoms with Crippen molar-refractivity contribution in [1.29, 1.82) is 5.26 Å². The highest BCUT2D eigenvalue weighted by Crippen LogP contribution is 2.35. The molecule has 0 radical (unpaired) electrons. The smallest absolute Gasteiger partial charge is 0.0991 e. The lowest BCUT2D eigenvalue weighted by Crippen LogP contribution is -2.31. The SMILES string of the molecule is N#Cc1cccc(C2(O)CCCSC2)c1. The van der Waals surface area contributed by atoms with E-state index in [9.17, 15) is 5.11 Å². The number of nitriles is 1. The van der Waals surface area contributed by atoms with E-state index < -0.39 is 5.60 Å². The summed E-state index contributed by atoms with van der Waals surface area (Å²) in [5, 5.41) is 19.2. The summed E-state index contributed by atoms with van der Waals surface area (Å²) >= 11 is 1.78. The molecule has 1 aromatic carbocycles. The van der Waals surface area contributed by atoms with Gasteiger partial charge in [0.1, 0.15) is 0 Å². The second kappa shape index (κ2) is 4.26. The Morgan fingerprint density at radius 1 is 1.47 bits per heavy atom. The maximum Gasteiger partial charge on any atom is 0.0991 e. The van der Waals surface area contributed by atoms with Crippen molar-refractivity contribution in [3.8, 4) is 6.07 Å². The predicted octanol–water partition coefficient (Wildman–Crippen LogP) is 2.27. The Kier molecular flexibility index (Phi) is 2.99. The van der Waals surface area contributed by atoms with Gasteiger partial charge in [0.25, 0.3) is 0 Å². The van der Waals surface area contributed by atoms with Crippen LogP contribution in [-0.2, 0) is 5.60 Å². The Hall–Kier alpha value is -0.980. The van der Waals surface area contributed by atoms with Crippen LogP contribution < -0.4 is 0 Å². The topological polar surface area (TPSA) is 44.0 Å². The number of benzene rings is 1. The molecule has 0 saturated carbocycles. The fraction of sp³-hybridized carbons (Fsp3) is 0.417. The molecule has 0 bridgehead atoms. The number of thioether (sulfide) groups is 1. The van der Waals surface area contributed by atoms with Crippen LogP contribution in [-0.4, -0.2) is 16.6 Å². The van der Waals surface area contributed by atoms with E-state index in [0.717, 1.165) is 29.9 Å². The first-order valence-corrected chi connectivity index (χ1v) is 6.21. The molecule has 1 aliphatic heterocycles. The summed E-state index contributed by atoms with van der Waals surface area (Å²) in [6, 6.07) is 9.42. The summed E-state index contributed by atoms with van der Waals surface area (Å²) in [5.41, 5.74) is 0.778. The molecule has 1 saturated heterocycles. The number of nitrogens with zero attached hydrogens (tertiary/aromatic N) is 1. The molecule has 3 heteroatoms. The first-order chi connectivity index (χ1) is 7.24. The van der Waals surface area contributed by atoms with Gasteiger partial charge in [-0.15, -0.1) is 0 Å². The van der Waals surface area contributed by atoms with Crippen LogP contribution in [0.3, 0.4) is 0 Å². The molecular weight excluding hydrogens is 206 g/mol. The van der Waals surface area contributed by atoms with Gasteiger partial charge in [0.2, 0.25) is 0 Å². The van der Waals surface area contributed by atoms with Gasteiger partial charge in [0.05, 0.1) is 17.2 Å². The Balaban J connectivity index is 2.31. The van der Waals surface area contributed by atoms with Gasteiger partial charge in [0, 0.05) is 5.75 Å². The Bertz CT molecular complexity index is 391. The zero-order valence-corrected chi connectivity index (χ0v) is 9.26. The van der Waals surface area contributed by atoms with Crippen molar-refractivity contribution in [2.24, 2.45) is 0 Å². The van der Waals surface area contributed by atoms with Crippen LogP contribution in [0.15, 0.2) is 24.3 Å². The lowest BCUT2D eigenvalue weighted by atomic mass is 9.90. The summed E-state index contributed by atoms with van der Waals surface area (Å²) in [4.78, 5) is 0. The van der Waals surface area contributed by atoms with E-state index in [4.69, 9.17) is 5.26 Å². The van der Waals surface area contributed by atoms with Crippen molar-refractivity contribution in [2.75, 3.05) is 11.5 Å². The minimum atomic E-state index is -0.726. The Morgan fingerprint density at radius 3 is 3.00 bits per heavy atom. The van der Waals surface area contributed by atoms with E-state index in [2.05, 4.69) is 6.07 Å². The average Bonchev–Trinajstić information content (AvgIpc) is 2.30. The quantitative estimate of drug-likeness (QED) is 0.788. The van der Waals surface area contributed by atoms with E-state index >= 15 is 0 Å². The van der Waals surface area contributed by atoms with Crippen LogP contribution in [0.5, 0.6) is 0 Å². The van der Waals surface area contributed by atoms with E-state index in [1.165, 1.54) is 0 Å². The summed E-state index contributed by atoms with van der Waals surface area (Å²) in [6.45, 7) is 0. The fourth-order valence-electron chi connectivity index (χ4n) is 1.89. The third-order valence-electron chi connectivity index (χ3n) is 2.75. The van der Waals surface area contributed by atoms with E-state index in [-0.39, 0.29) is 0 Å². The van der Waals surface area contributed by atoms with Gasteiger partial charge in [-0.25, -0.2) is 0 Å². The first-order valence-electron chi connectivity index (χ1n) is 5.05. The predicted molar refractivity (Wildman–Crippen MR) is 61.6 cm³/mol. The van der Waals surface area contributed by atoms with Crippen molar-refractivity contribution in [3.05, 3.63) is 35.4 Å². The molecular formula is C12H13NOS. The van der Waals surface area contributed by atoms with Gasteiger partial charge < -0.3 is 5.11 Å². The normalized spacial score (nSPS) is 25.9. The van der Waals surface area contributed by atoms with Crippen molar-refractivity contribution in [3.63, 3.8) is 0 Å². The minimum absolute atomic E-state index is 0.622. The lowest BCUT2D eigenvalue weighted by Gasteiger charge is -2.32. The molecule has 15 heavy (non-hydrogen) atoms. The molecule has 1 aromatic rings. The zero-order chi connectivity index (χ0) is 10.7. The fourth-order valence-corrected chi connectivity index (χ4v) is 3.03. The van der Waals surface area contributed by atoms with Gasteiger partial charge >= 0.3 is 0 Å². The van der Waals surface area contributed by atoms with Gasteiger partial charge in [0.15, 0.2) is 0 Å². The number of rotatable bonds is 1. The molecule has 0 amide bonds. The van der Waals surface area contributed by atoms with Crippen LogP contribution in [0, 0.1) is 11.3 Å². The lowest BCUT2D eigenvalue weighted by molar-refractivity contribution is 0.0495. The highest BCUT2D eigenvalue weighted by atomic mass is 32.2. The third-order valence-corrected chi connectivity index (χ3v) is 4.01. The first kappa shape index (κ1) is 10.5. The van der Waals surface area contributed by atoms with Crippen molar-refractivity contribution in [1.82, 2.24) is 0 Å². The molecule has 1 heterocycles. The molecule has 1 aliphatic rings. The van der Waals surface area contributed by atoms with Gasteiger partial charge in [-0.1, -0.05) is 12.1 Å². The highest BCUT2D eigenvalue weighted by Gasteiger charge is 2.31. The van der Waals surface area contributed by atoms with Crippen LogP contribution in [0.1, 0.15) is 24.0 Å². The maximum absolute atomic E-state index is 10.4. The molecule has 1 atom stereocenters. The largest absolute Gasteiger partial charge is 0.384 e. The number of hydrogen-bond acceptors (Lipinski definition) is 3. The van der Waals surface area contributed by atoms with Gasteiger partial charge in [-0.05, 0) is 36.3 Å². The second-order valence-electron chi connectivity index (χ2n) is 3.88. The van der Waals surface area contributed by atoms with E-state index in [1.54, 1.807) is 23.9 Å². The summed E-state index contributed by atoms with van der Waals surface area (Å²) in [5.74, 6) is 1.86. The van der Waals surface area contributed by atoms with Crippen molar-refractivity contribution < 1.29 is 5.11 Å². The molecule has 0 spiro atoms. The standard InChI is InChI=1S/C12H13NOS/c13-8-10-3-1-4-11(7-10)12(14)5-2-6-15-9-12/h1,3-4,7,14H,2,5-6,9H2. The van der Waals surface area contributed by atoms with E-state index in [0.29, 0.717) is 5.56 Å². The summed E-state index contributed by atoms with van der Waals surface area (Å²) in [6.07, 6.45) is 1.84. The molecule has 2 rings (SSSR count). The summed E-state index contributed by atoms with van der Waals surface area (Å²) in [7, 11) is 0. The van der Waals surface area contributed by atoms with Crippen molar-refractivity contribution >= 4 is 11.8 Å². The third kappa shape index (κ3) is 2.17. The molecule has 0 aliphatic carbocycles. The Labute approximate surface area is 93.9 Å². The molecule has 78 valence electrons. The zero-order valence-electron chi connectivity index (χ0n) is 8.44. The van der Waals surface area contributed by atoms with Gasteiger partial charge in [-0.2, -0.15) is 17.0 Å². The van der Waals surface area contributed by atoms with Gasteiger partial charge in [-0.3, -0.25) is 0 Å². The minimum Gasteiger partial charge on any atom is -0.384 e. The van der Waals surface area contributed by atoms with Crippen molar-refractivity contribution in [2.45, 2.75) is 18.4 Å². The van der Waals surface area contributed by atoms with Crippen LogP contribution in [0.25, 0.3) is 0 Å². The molecule has 2 nitrogen and oxygen atoms in total. The second-order valence-corrected chi connectivity index (χ2v) is 4.99. The molecule has 1 N–H and O–H groups in total. The molecule has 1 fully saturated rings. The molecule has 0 aromatic heterocycles. The number of aliphatic hydroxyl groups is 1. The average molecular weight is 219 g/mol. The maximum atomic E-state index is 10.4.